The van der Waals surface area contributed by atoms with Crippen LogP contribution in [0.25, 0.3) is 5.57 Å². The molecule has 3 rings (SSSR count). The summed E-state index contributed by atoms with van der Waals surface area (Å²) < 4.78 is 30.1. The number of hydrogen-bond donors (Lipinski definition) is 0. The van der Waals surface area contributed by atoms with Gasteiger partial charge in [-0.3, -0.25) is 0 Å². The van der Waals surface area contributed by atoms with Crippen molar-refractivity contribution in [2.75, 3.05) is 32.7 Å². The molecule has 0 bridgehead atoms. The number of hydrogen-bond acceptors (Lipinski definition) is 5. The highest BCUT2D eigenvalue weighted by atomic mass is 19.1. The molecular weight excluding hydrogens is 373 g/mol. The van der Waals surface area contributed by atoms with Crippen LogP contribution in [0, 0.1) is 11.7 Å². The summed E-state index contributed by atoms with van der Waals surface area (Å²) in [7, 11) is 4.74. The van der Waals surface area contributed by atoms with Crippen LogP contribution < -0.4 is 9.64 Å². The van der Waals surface area contributed by atoms with E-state index in [1.165, 1.54) is 39.4 Å². The first kappa shape index (κ1) is 20.7. The molecule has 6 heteroatoms. The maximum Gasteiger partial charge on any atom is 0.341 e. The minimum Gasteiger partial charge on any atom is -0.503 e. The van der Waals surface area contributed by atoms with E-state index in [2.05, 4.69) is 4.90 Å². The van der Waals surface area contributed by atoms with E-state index in [0.717, 1.165) is 23.7 Å². The van der Waals surface area contributed by atoms with E-state index in [9.17, 15) is 9.18 Å². The summed E-state index contributed by atoms with van der Waals surface area (Å²) in [6.07, 6.45) is 3.83. The molecule has 0 heterocycles. The van der Waals surface area contributed by atoms with Crippen LogP contribution in [0.15, 0.2) is 48.7 Å². The number of rotatable bonds is 9. The molecule has 0 aromatic heterocycles. The highest BCUT2D eigenvalue weighted by molar-refractivity contribution is 6.16. The molecule has 1 aliphatic carbocycles. The van der Waals surface area contributed by atoms with Gasteiger partial charge in [-0.15, -0.1) is 0 Å². The number of ether oxygens (including phenoxy) is 3. The molecule has 1 saturated carbocycles. The summed E-state index contributed by atoms with van der Waals surface area (Å²) >= 11 is 0. The molecule has 2 aromatic carbocycles. The fraction of sp³-hybridized carbons (Fsp3) is 0.348. The number of esters is 1. The van der Waals surface area contributed by atoms with E-state index in [-0.39, 0.29) is 17.9 Å². The van der Waals surface area contributed by atoms with Gasteiger partial charge in [-0.25, -0.2) is 9.18 Å². The predicted molar refractivity (Wildman–Crippen MR) is 110 cm³/mol. The largest absolute Gasteiger partial charge is 0.503 e. The zero-order valence-corrected chi connectivity index (χ0v) is 17.0. The minimum absolute atomic E-state index is 0.0996. The highest BCUT2D eigenvalue weighted by Crippen LogP contribution is 2.32. The SMILES string of the molecule is CO/C=C(\C(=O)OC)c1ccccc1COc1ccc(N(C)CC2CC2)cc1F. The molecule has 0 N–H and O–H groups in total. The van der Waals surface area contributed by atoms with E-state index in [1.807, 2.05) is 25.2 Å². The topological polar surface area (TPSA) is 48.0 Å². The third-order valence-electron chi connectivity index (χ3n) is 4.92. The van der Waals surface area contributed by atoms with Crippen LogP contribution in [0.2, 0.25) is 0 Å². The Morgan fingerprint density at radius 1 is 1.21 bits per heavy atom. The minimum atomic E-state index is -0.520. The summed E-state index contributed by atoms with van der Waals surface area (Å²) in [5.41, 5.74) is 2.43. The second kappa shape index (κ2) is 9.45. The predicted octanol–water partition coefficient (Wildman–Crippen LogP) is 4.41. The average molecular weight is 399 g/mol. The van der Waals surface area contributed by atoms with E-state index in [1.54, 1.807) is 18.2 Å². The van der Waals surface area contributed by atoms with Crippen molar-refractivity contribution in [3.63, 3.8) is 0 Å². The van der Waals surface area contributed by atoms with Gasteiger partial charge >= 0.3 is 5.97 Å². The Labute approximate surface area is 170 Å². The second-order valence-corrected chi connectivity index (χ2v) is 7.14. The highest BCUT2D eigenvalue weighted by Gasteiger charge is 2.23. The zero-order chi connectivity index (χ0) is 20.8. The first-order valence-electron chi connectivity index (χ1n) is 9.56. The molecule has 1 fully saturated rings. The van der Waals surface area contributed by atoms with E-state index >= 15 is 0 Å². The van der Waals surface area contributed by atoms with Crippen molar-refractivity contribution in [3.05, 3.63) is 65.7 Å². The van der Waals surface area contributed by atoms with Crippen molar-refractivity contribution >= 4 is 17.2 Å². The van der Waals surface area contributed by atoms with Crippen LogP contribution in [0.1, 0.15) is 24.0 Å². The lowest BCUT2D eigenvalue weighted by Crippen LogP contribution is -2.20. The number of methoxy groups -OCH3 is 2. The van der Waals surface area contributed by atoms with Gasteiger partial charge in [-0.05, 0) is 42.0 Å². The van der Waals surface area contributed by atoms with Crippen LogP contribution in [-0.4, -0.2) is 33.8 Å². The van der Waals surface area contributed by atoms with Crippen LogP contribution in [0.4, 0.5) is 10.1 Å². The van der Waals surface area contributed by atoms with Crippen molar-refractivity contribution in [3.8, 4) is 5.75 Å². The fourth-order valence-corrected chi connectivity index (χ4v) is 3.15. The summed E-state index contributed by atoms with van der Waals surface area (Å²) in [5, 5.41) is 0. The maximum atomic E-state index is 14.6. The van der Waals surface area contributed by atoms with Crippen LogP contribution in [0.3, 0.4) is 0 Å². The first-order valence-corrected chi connectivity index (χ1v) is 9.56. The molecule has 0 unspecified atom stereocenters. The van der Waals surface area contributed by atoms with Gasteiger partial charge < -0.3 is 19.1 Å². The third kappa shape index (κ3) is 5.28. The molecule has 154 valence electrons. The van der Waals surface area contributed by atoms with Gasteiger partial charge in [-0.2, -0.15) is 0 Å². The molecular formula is C23H26FNO4. The smallest absolute Gasteiger partial charge is 0.341 e. The lowest BCUT2D eigenvalue weighted by atomic mass is 10.0. The van der Waals surface area contributed by atoms with E-state index in [0.29, 0.717) is 5.56 Å². The third-order valence-corrected chi connectivity index (χ3v) is 4.92. The first-order chi connectivity index (χ1) is 14.0. The van der Waals surface area contributed by atoms with Crippen LogP contribution >= 0.6 is 0 Å². The van der Waals surface area contributed by atoms with Crippen molar-refractivity contribution < 1.29 is 23.4 Å². The van der Waals surface area contributed by atoms with Crippen molar-refractivity contribution in [1.29, 1.82) is 0 Å². The zero-order valence-electron chi connectivity index (χ0n) is 17.0. The average Bonchev–Trinajstić information content (AvgIpc) is 3.55. The van der Waals surface area contributed by atoms with Gasteiger partial charge in [0, 0.05) is 25.3 Å². The Kier molecular flexibility index (Phi) is 6.75. The molecule has 0 aliphatic heterocycles. The van der Waals surface area contributed by atoms with Gasteiger partial charge in [0.25, 0.3) is 0 Å². The van der Waals surface area contributed by atoms with Crippen molar-refractivity contribution in [1.82, 2.24) is 0 Å². The molecule has 0 amide bonds. The molecule has 0 radical (unpaired) electrons. The van der Waals surface area contributed by atoms with Crippen LogP contribution in [-0.2, 0) is 20.9 Å². The number of carbonyl (C=O) groups excluding carboxylic acids is 1. The van der Waals surface area contributed by atoms with E-state index < -0.39 is 11.8 Å². The Bertz CT molecular complexity index is 892. The monoisotopic (exact) mass is 399 g/mol. The maximum absolute atomic E-state index is 14.6. The Balaban J connectivity index is 1.74. The molecule has 0 saturated heterocycles. The van der Waals surface area contributed by atoms with Gasteiger partial charge in [0.15, 0.2) is 11.6 Å². The Morgan fingerprint density at radius 2 is 1.97 bits per heavy atom. The lowest BCUT2D eigenvalue weighted by Gasteiger charge is -2.20. The van der Waals surface area contributed by atoms with Crippen LogP contribution in [0.5, 0.6) is 5.75 Å². The quantitative estimate of drug-likeness (QED) is 0.355. The van der Waals surface area contributed by atoms with Crippen molar-refractivity contribution in [2.45, 2.75) is 19.4 Å². The standard InChI is InChI=1S/C23H26FNO4/c1-25(13-16-8-9-16)18-10-11-22(21(24)12-18)29-14-17-6-4-5-7-19(17)20(15-27-2)23(26)28-3/h4-7,10-12,15-16H,8-9,13-14H2,1-3H3/b20-15-. The van der Waals surface area contributed by atoms with Gasteiger partial charge in [0.1, 0.15) is 12.2 Å². The molecule has 29 heavy (non-hydrogen) atoms. The van der Waals surface area contributed by atoms with Crippen molar-refractivity contribution in [2.24, 2.45) is 5.92 Å². The second-order valence-electron chi connectivity index (χ2n) is 7.14. The van der Waals surface area contributed by atoms with Gasteiger partial charge in [0.05, 0.1) is 20.5 Å². The molecule has 2 aromatic rings. The fourth-order valence-electron chi connectivity index (χ4n) is 3.15. The van der Waals surface area contributed by atoms with Gasteiger partial charge in [-0.1, -0.05) is 24.3 Å². The summed E-state index contributed by atoms with van der Waals surface area (Å²) in [4.78, 5) is 14.2. The number of carbonyl (C=O) groups is 1. The molecule has 0 spiro atoms. The Hall–Kier alpha value is -3.02. The van der Waals surface area contributed by atoms with Gasteiger partial charge in [0.2, 0.25) is 0 Å². The molecule has 0 atom stereocenters. The number of benzene rings is 2. The Morgan fingerprint density at radius 3 is 2.62 bits per heavy atom. The summed E-state index contributed by atoms with van der Waals surface area (Å²) in [6.45, 7) is 1.04. The number of nitrogens with zero attached hydrogens (tertiary/aromatic N) is 1. The normalized spacial score (nSPS) is 13.7. The number of anilines is 1. The van der Waals surface area contributed by atoms with E-state index in [4.69, 9.17) is 14.2 Å². The summed E-state index contributed by atoms with van der Waals surface area (Å²) in [6, 6.07) is 12.2. The molecule has 1 aliphatic rings. The molecule has 5 nitrogen and oxygen atoms in total. The lowest BCUT2D eigenvalue weighted by molar-refractivity contribution is -0.133. The number of halogens is 1. The summed E-state index contributed by atoms with van der Waals surface area (Å²) in [5.74, 6) is -0.0462.